The summed E-state index contributed by atoms with van der Waals surface area (Å²) in [7, 11) is 0. The summed E-state index contributed by atoms with van der Waals surface area (Å²) in [6.45, 7) is 0. The molecule has 0 N–H and O–H groups in total. The maximum atomic E-state index is 6.17. The minimum absolute atomic E-state index is 0.881. The topological polar surface area (TPSA) is 16.4 Å². The maximum absolute atomic E-state index is 6.17. The van der Waals surface area contributed by atoms with Gasteiger partial charge >= 0.3 is 0 Å². The highest BCUT2D eigenvalue weighted by atomic mass is 16.3. The quantitative estimate of drug-likeness (QED) is 0.156. The van der Waals surface area contributed by atoms with E-state index in [1.165, 1.54) is 49.7 Å². The lowest BCUT2D eigenvalue weighted by Gasteiger charge is -2.28. The van der Waals surface area contributed by atoms with Crippen LogP contribution in [-0.2, 0) is 0 Å². The van der Waals surface area contributed by atoms with Crippen LogP contribution in [0.4, 0.5) is 17.1 Å². The van der Waals surface area contributed by atoms with Crippen LogP contribution in [0.1, 0.15) is 0 Å². The number of hydrogen-bond donors (Lipinski definition) is 0. The average molecular weight is 716 g/mol. The molecule has 0 unspecified atom stereocenters. The van der Waals surface area contributed by atoms with E-state index in [0.717, 1.165) is 44.9 Å². The Labute approximate surface area is 327 Å². The molecule has 10 rings (SSSR count). The molecule has 0 aliphatic carbocycles. The lowest BCUT2D eigenvalue weighted by atomic mass is 9.97. The highest BCUT2D eigenvalue weighted by molar-refractivity contribution is 5.93. The van der Waals surface area contributed by atoms with Crippen LogP contribution in [0.5, 0.6) is 0 Å². The molecule has 1 aromatic heterocycles. The third-order valence-corrected chi connectivity index (χ3v) is 10.7. The highest BCUT2D eigenvalue weighted by Crippen LogP contribution is 2.42. The molecular formula is C54H37NO. The van der Waals surface area contributed by atoms with Crippen LogP contribution in [0.15, 0.2) is 229 Å². The van der Waals surface area contributed by atoms with Gasteiger partial charge in [-0.1, -0.05) is 176 Å². The molecule has 0 saturated heterocycles. The summed E-state index contributed by atoms with van der Waals surface area (Å²) in [5.41, 5.74) is 14.7. The molecule has 2 nitrogen and oxygen atoms in total. The van der Waals surface area contributed by atoms with Crippen molar-refractivity contribution in [3.05, 3.63) is 224 Å². The number of hydrogen-bond acceptors (Lipinski definition) is 2. The Hall–Kier alpha value is -7.42. The summed E-state index contributed by atoms with van der Waals surface area (Å²) in [5.74, 6) is 0.881. The van der Waals surface area contributed by atoms with E-state index < -0.39 is 0 Å². The van der Waals surface area contributed by atoms with Crippen molar-refractivity contribution in [2.75, 3.05) is 4.90 Å². The van der Waals surface area contributed by atoms with E-state index in [4.69, 9.17) is 4.42 Å². The van der Waals surface area contributed by atoms with E-state index in [-0.39, 0.29) is 0 Å². The van der Waals surface area contributed by atoms with Crippen molar-refractivity contribution in [1.29, 1.82) is 0 Å². The normalized spacial score (nSPS) is 11.2. The zero-order valence-corrected chi connectivity index (χ0v) is 30.7. The van der Waals surface area contributed by atoms with Crippen molar-refractivity contribution in [3.63, 3.8) is 0 Å². The zero-order valence-electron chi connectivity index (χ0n) is 30.7. The van der Waals surface area contributed by atoms with Gasteiger partial charge in [0.25, 0.3) is 0 Å². The fraction of sp³-hybridized carbons (Fsp3) is 0. The van der Waals surface area contributed by atoms with Gasteiger partial charge in [-0.25, -0.2) is 0 Å². The van der Waals surface area contributed by atoms with Crippen molar-refractivity contribution in [1.82, 2.24) is 0 Å². The molecule has 0 saturated carbocycles. The molecular weight excluding hydrogens is 679 g/mol. The molecule has 10 aromatic rings. The molecule has 56 heavy (non-hydrogen) atoms. The molecule has 9 aromatic carbocycles. The molecule has 0 aliphatic rings. The fourth-order valence-corrected chi connectivity index (χ4v) is 7.76. The van der Waals surface area contributed by atoms with Crippen LogP contribution in [0.2, 0.25) is 0 Å². The number of furan rings is 1. The van der Waals surface area contributed by atoms with Crippen molar-refractivity contribution in [3.8, 4) is 55.8 Å². The third kappa shape index (κ3) is 6.44. The van der Waals surface area contributed by atoms with Crippen LogP contribution < -0.4 is 4.90 Å². The number of nitrogens with zero attached hydrogens (tertiary/aromatic N) is 1. The standard InChI is InChI=1S/C54H37NO/c1-2-11-38(12-3-1)40-25-27-44(28-26-40)51-18-7-8-19-52(51)55(50-34-31-39-13-4-5-14-46(39)36-50)49-32-29-42(30-33-49)41-21-23-43(24-22-41)45-16-10-17-47(35-45)54-37-48-15-6-9-20-53(48)56-54/h1-37H. The van der Waals surface area contributed by atoms with Crippen LogP contribution in [0.25, 0.3) is 77.6 Å². The second-order valence-corrected chi connectivity index (χ2v) is 14.2. The Balaban J connectivity index is 0.981. The predicted octanol–water partition coefficient (Wildman–Crippen LogP) is 15.4. The second-order valence-electron chi connectivity index (χ2n) is 14.2. The Morgan fingerprint density at radius 3 is 1.54 bits per heavy atom. The number of para-hydroxylation sites is 2. The summed E-state index contributed by atoms with van der Waals surface area (Å²) in [5, 5.41) is 3.54. The zero-order chi connectivity index (χ0) is 37.3. The van der Waals surface area contributed by atoms with Gasteiger partial charge in [0.2, 0.25) is 0 Å². The summed E-state index contributed by atoms with van der Waals surface area (Å²) < 4.78 is 6.17. The molecule has 264 valence electrons. The Bertz CT molecular complexity index is 2910. The van der Waals surface area contributed by atoms with Crippen molar-refractivity contribution < 1.29 is 4.42 Å². The summed E-state index contributed by atoms with van der Waals surface area (Å²) >= 11 is 0. The minimum Gasteiger partial charge on any atom is -0.456 e. The van der Waals surface area contributed by atoms with Gasteiger partial charge in [-0.15, -0.1) is 0 Å². The van der Waals surface area contributed by atoms with Crippen molar-refractivity contribution in [2.45, 2.75) is 0 Å². The summed E-state index contributed by atoms with van der Waals surface area (Å²) in [6.07, 6.45) is 0. The first-order valence-electron chi connectivity index (χ1n) is 19.1. The SMILES string of the molecule is c1ccc(-c2ccc(-c3ccccc3N(c3ccc(-c4ccc(-c5cccc(-c6cc7ccccc7o6)c5)cc4)cc3)c3ccc4ccccc4c3)cc2)cc1. The molecule has 0 amide bonds. The fourth-order valence-electron chi connectivity index (χ4n) is 7.76. The van der Waals surface area contributed by atoms with Crippen molar-refractivity contribution in [2.24, 2.45) is 0 Å². The number of anilines is 3. The van der Waals surface area contributed by atoms with E-state index in [1.54, 1.807) is 0 Å². The smallest absolute Gasteiger partial charge is 0.135 e. The number of fused-ring (bicyclic) bond motifs is 2. The lowest BCUT2D eigenvalue weighted by Crippen LogP contribution is -2.11. The van der Waals surface area contributed by atoms with Crippen LogP contribution in [0, 0.1) is 0 Å². The maximum Gasteiger partial charge on any atom is 0.135 e. The first kappa shape index (κ1) is 33.2. The van der Waals surface area contributed by atoms with Crippen LogP contribution in [-0.4, -0.2) is 0 Å². The third-order valence-electron chi connectivity index (χ3n) is 10.7. The van der Waals surface area contributed by atoms with E-state index in [9.17, 15) is 0 Å². The minimum atomic E-state index is 0.881. The molecule has 0 atom stereocenters. The molecule has 0 fully saturated rings. The Morgan fingerprint density at radius 2 is 0.804 bits per heavy atom. The number of benzene rings is 9. The van der Waals surface area contributed by atoms with Crippen molar-refractivity contribution >= 4 is 38.8 Å². The molecule has 0 radical (unpaired) electrons. The Kier molecular flexibility index (Phi) is 8.55. The first-order valence-corrected chi connectivity index (χ1v) is 19.1. The van der Waals surface area contributed by atoms with E-state index >= 15 is 0 Å². The monoisotopic (exact) mass is 715 g/mol. The highest BCUT2D eigenvalue weighted by Gasteiger charge is 2.18. The second kappa shape index (κ2) is 14.4. The van der Waals surface area contributed by atoms with Gasteiger partial charge in [0, 0.05) is 27.9 Å². The summed E-state index contributed by atoms with van der Waals surface area (Å²) in [4.78, 5) is 2.38. The predicted molar refractivity (Wildman–Crippen MR) is 236 cm³/mol. The van der Waals surface area contributed by atoms with Crippen LogP contribution in [0.3, 0.4) is 0 Å². The van der Waals surface area contributed by atoms with Gasteiger partial charge in [0.15, 0.2) is 0 Å². The molecule has 2 heteroatoms. The van der Waals surface area contributed by atoms with Crippen LogP contribution >= 0.6 is 0 Å². The molecule has 0 spiro atoms. The summed E-state index contributed by atoms with van der Waals surface area (Å²) in [6, 6.07) is 80.1. The largest absolute Gasteiger partial charge is 0.456 e. The van der Waals surface area contributed by atoms with Gasteiger partial charge < -0.3 is 9.32 Å². The Morgan fingerprint density at radius 1 is 0.286 bits per heavy atom. The molecule has 0 bridgehead atoms. The van der Waals surface area contributed by atoms with Gasteiger partial charge in [-0.3, -0.25) is 0 Å². The lowest BCUT2D eigenvalue weighted by molar-refractivity contribution is 0.631. The average Bonchev–Trinajstić information content (AvgIpc) is 3.72. The number of rotatable bonds is 8. The van der Waals surface area contributed by atoms with E-state index in [1.807, 2.05) is 18.2 Å². The van der Waals surface area contributed by atoms with E-state index in [2.05, 4.69) is 211 Å². The first-order chi connectivity index (χ1) is 27.7. The molecule has 0 aliphatic heterocycles. The van der Waals surface area contributed by atoms with Gasteiger partial charge in [0.05, 0.1) is 5.69 Å². The molecule has 1 heterocycles. The van der Waals surface area contributed by atoms with E-state index in [0.29, 0.717) is 0 Å². The van der Waals surface area contributed by atoms with Gasteiger partial charge in [-0.2, -0.15) is 0 Å². The van der Waals surface area contributed by atoms with Gasteiger partial charge in [-0.05, 0) is 98.2 Å². The van der Waals surface area contributed by atoms with Gasteiger partial charge in [0.1, 0.15) is 11.3 Å².